The highest BCUT2D eigenvalue weighted by atomic mass is 16.6. The molecule has 0 aromatic carbocycles. The van der Waals surface area contributed by atoms with Gasteiger partial charge in [-0.05, 0) is 38.7 Å². The van der Waals surface area contributed by atoms with E-state index in [1.807, 2.05) is 0 Å². The fourth-order valence-corrected chi connectivity index (χ4v) is 3.72. The van der Waals surface area contributed by atoms with E-state index in [-0.39, 0.29) is 12.7 Å². The number of rotatable bonds is 0. The van der Waals surface area contributed by atoms with Gasteiger partial charge in [-0.2, -0.15) is 0 Å². The smallest absolute Gasteiger partial charge is 0.529 e. The van der Waals surface area contributed by atoms with Crippen molar-refractivity contribution in [2.45, 2.75) is 63.8 Å². The Balaban J connectivity index is 2.00. The molecule has 0 spiro atoms. The summed E-state index contributed by atoms with van der Waals surface area (Å²) in [5, 5.41) is 0. The molecule has 0 aromatic heterocycles. The van der Waals surface area contributed by atoms with E-state index in [0.29, 0.717) is 11.7 Å². The highest BCUT2D eigenvalue weighted by molar-refractivity contribution is 6.47. The fourth-order valence-electron chi connectivity index (χ4n) is 3.72. The number of hydrogen-bond donors (Lipinski definition) is 0. The second-order valence-electron chi connectivity index (χ2n) is 5.86. The van der Waals surface area contributed by atoms with Gasteiger partial charge in [-0.3, -0.25) is 0 Å². The number of fused-ring (bicyclic) bond motifs is 4. The van der Waals surface area contributed by atoms with E-state index in [2.05, 4.69) is 19.9 Å². The molecule has 1 aliphatic carbocycles. The monoisotopic (exact) mass is 220 g/mol. The van der Waals surface area contributed by atoms with Gasteiger partial charge in [0.15, 0.2) is 0 Å². The van der Waals surface area contributed by atoms with E-state index in [1.54, 1.807) is 0 Å². The minimum Gasteiger partial charge on any atom is -0.540 e. The topological polar surface area (TPSA) is 18.5 Å². The van der Waals surface area contributed by atoms with Crippen LogP contribution in [0.4, 0.5) is 0 Å². The summed E-state index contributed by atoms with van der Waals surface area (Å²) < 4.78 is 12.1. The highest BCUT2D eigenvalue weighted by Gasteiger charge is 2.48. The summed E-state index contributed by atoms with van der Waals surface area (Å²) in [5.41, 5.74) is -0.0634. The Morgan fingerprint density at radius 2 is 1.94 bits per heavy atom. The first-order valence-corrected chi connectivity index (χ1v) is 6.71. The number of hydrogen-bond acceptors (Lipinski definition) is 2. The Bertz CT molecular complexity index is 305. The van der Waals surface area contributed by atoms with E-state index < -0.39 is 0 Å². The van der Waals surface area contributed by atoms with Crippen molar-refractivity contribution in [3.63, 3.8) is 0 Å². The number of allylic oxidation sites excluding steroid dienone is 1. The molecule has 1 saturated carbocycles. The van der Waals surface area contributed by atoms with Crippen molar-refractivity contribution in [2.75, 3.05) is 0 Å². The van der Waals surface area contributed by atoms with Gasteiger partial charge in [-0.25, -0.2) is 0 Å². The molecule has 3 fully saturated rings. The standard InChI is InChI=1S/C13H21BO2/c1-10-9-13(2)11-5-3-7-12(8-4-6-11)14(15-10)16-13/h9,11-12H,3-8H2,1-2H3. The van der Waals surface area contributed by atoms with Crippen molar-refractivity contribution in [1.82, 2.24) is 0 Å². The van der Waals surface area contributed by atoms with Crippen LogP contribution in [0.2, 0.25) is 5.82 Å². The molecule has 3 aliphatic heterocycles. The molecule has 1 atom stereocenters. The van der Waals surface area contributed by atoms with Gasteiger partial charge in [0.05, 0.1) is 11.4 Å². The average Bonchev–Trinajstić information content (AvgIpc) is 2.13. The first kappa shape index (κ1) is 10.7. The van der Waals surface area contributed by atoms with Crippen LogP contribution in [0.3, 0.4) is 0 Å². The first-order chi connectivity index (χ1) is 7.67. The third-order valence-electron chi connectivity index (χ3n) is 4.61. The van der Waals surface area contributed by atoms with Crippen molar-refractivity contribution in [1.29, 1.82) is 0 Å². The molecular formula is C13H21BO2. The van der Waals surface area contributed by atoms with E-state index in [1.165, 1.54) is 38.5 Å². The molecule has 88 valence electrons. The molecule has 4 rings (SSSR count). The Hall–Kier alpha value is -0.435. The predicted molar refractivity (Wildman–Crippen MR) is 65.0 cm³/mol. The van der Waals surface area contributed by atoms with Crippen LogP contribution in [0.1, 0.15) is 52.4 Å². The van der Waals surface area contributed by atoms with Crippen molar-refractivity contribution < 1.29 is 9.31 Å². The molecular weight excluding hydrogens is 199 g/mol. The lowest BCUT2D eigenvalue weighted by atomic mass is 9.60. The molecule has 3 heteroatoms. The van der Waals surface area contributed by atoms with E-state index >= 15 is 0 Å². The lowest BCUT2D eigenvalue weighted by Gasteiger charge is -2.46. The van der Waals surface area contributed by atoms with Gasteiger partial charge in [0, 0.05) is 5.82 Å². The molecule has 1 unspecified atom stereocenters. The van der Waals surface area contributed by atoms with Crippen LogP contribution in [0, 0.1) is 5.92 Å². The van der Waals surface area contributed by atoms with Crippen molar-refractivity contribution >= 4 is 7.12 Å². The van der Waals surface area contributed by atoms with Crippen LogP contribution < -0.4 is 0 Å². The maximum absolute atomic E-state index is 6.25. The minimum absolute atomic E-state index is 0.0260. The molecule has 0 N–H and O–H groups in total. The van der Waals surface area contributed by atoms with Crippen LogP contribution >= 0.6 is 0 Å². The van der Waals surface area contributed by atoms with Gasteiger partial charge < -0.3 is 9.31 Å². The van der Waals surface area contributed by atoms with E-state index in [4.69, 9.17) is 9.31 Å². The normalized spacial score (nSPS) is 42.9. The lowest BCUT2D eigenvalue weighted by molar-refractivity contribution is 0.000487. The second-order valence-corrected chi connectivity index (χ2v) is 5.86. The molecule has 0 aromatic rings. The zero-order chi connectivity index (χ0) is 11.2. The zero-order valence-corrected chi connectivity index (χ0v) is 10.4. The van der Waals surface area contributed by atoms with Crippen LogP contribution in [-0.4, -0.2) is 12.7 Å². The fraction of sp³-hybridized carbons (Fsp3) is 0.846. The lowest BCUT2D eigenvalue weighted by Crippen LogP contribution is -2.50. The first-order valence-electron chi connectivity index (χ1n) is 6.71. The molecule has 0 radical (unpaired) electrons. The molecule has 2 nitrogen and oxygen atoms in total. The van der Waals surface area contributed by atoms with Crippen molar-refractivity contribution in [2.24, 2.45) is 5.92 Å². The summed E-state index contributed by atoms with van der Waals surface area (Å²) in [6.07, 6.45) is 10.1. The van der Waals surface area contributed by atoms with Gasteiger partial charge in [-0.1, -0.05) is 25.7 Å². The Morgan fingerprint density at radius 3 is 2.62 bits per heavy atom. The third kappa shape index (κ3) is 1.69. The quantitative estimate of drug-likeness (QED) is 0.581. The van der Waals surface area contributed by atoms with Crippen LogP contribution in [0.25, 0.3) is 0 Å². The largest absolute Gasteiger partial charge is 0.540 e. The van der Waals surface area contributed by atoms with Gasteiger partial charge >= 0.3 is 7.12 Å². The summed E-state index contributed by atoms with van der Waals surface area (Å²) in [5.74, 6) is 2.37. The molecule has 0 amide bonds. The third-order valence-corrected chi connectivity index (χ3v) is 4.61. The molecule has 3 heterocycles. The Morgan fingerprint density at radius 1 is 1.25 bits per heavy atom. The predicted octanol–water partition coefficient (Wildman–Crippen LogP) is 3.54. The maximum atomic E-state index is 6.25. The average molecular weight is 220 g/mol. The van der Waals surface area contributed by atoms with Gasteiger partial charge in [0.1, 0.15) is 0 Å². The van der Waals surface area contributed by atoms with Gasteiger partial charge in [0.25, 0.3) is 0 Å². The van der Waals surface area contributed by atoms with Crippen LogP contribution in [0.5, 0.6) is 0 Å². The second kappa shape index (κ2) is 3.80. The maximum Gasteiger partial charge on any atom is 0.529 e. The summed E-state index contributed by atoms with van der Waals surface area (Å²) in [6.45, 7) is 4.33. The van der Waals surface area contributed by atoms with Crippen LogP contribution in [0.15, 0.2) is 11.8 Å². The zero-order valence-electron chi connectivity index (χ0n) is 10.4. The van der Waals surface area contributed by atoms with Crippen molar-refractivity contribution in [3.8, 4) is 0 Å². The molecule has 4 bridgehead atoms. The highest BCUT2D eigenvalue weighted by Crippen LogP contribution is 2.46. The van der Waals surface area contributed by atoms with Crippen LogP contribution in [-0.2, 0) is 9.31 Å². The Labute approximate surface area is 98.5 Å². The summed E-state index contributed by atoms with van der Waals surface area (Å²) >= 11 is 0. The summed E-state index contributed by atoms with van der Waals surface area (Å²) in [6, 6.07) is 0. The van der Waals surface area contributed by atoms with E-state index in [0.717, 1.165) is 5.76 Å². The summed E-state index contributed by atoms with van der Waals surface area (Å²) in [4.78, 5) is 0. The van der Waals surface area contributed by atoms with Gasteiger partial charge in [-0.15, -0.1) is 0 Å². The molecule has 2 saturated heterocycles. The van der Waals surface area contributed by atoms with Crippen molar-refractivity contribution in [3.05, 3.63) is 11.8 Å². The van der Waals surface area contributed by atoms with Gasteiger partial charge in [0.2, 0.25) is 0 Å². The summed E-state index contributed by atoms with van der Waals surface area (Å²) in [7, 11) is 0.0260. The molecule has 4 aliphatic rings. The SMILES string of the molecule is CC1=CC2(C)OB(O1)C1CCCC2CCC1. The Kier molecular flexibility index (Phi) is 2.54. The minimum atomic E-state index is -0.0634. The van der Waals surface area contributed by atoms with E-state index in [9.17, 15) is 0 Å². The molecule has 16 heavy (non-hydrogen) atoms.